The van der Waals surface area contributed by atoms with E-state index in [0.717, 1.165) is 21.4 Å². The fraction of sp³-hybridized carbons (Fsp3) is 0.333. The monoisotopic (exact) mass is 402 g/mol. The van der Waals surface area contributed by atoms with Crippen LogP contribution in [0.2, 0.25) is 0 Å². The minimum absolute atomic E-state index is 0.0105. The number of halogens is 3. The lowest BCUT2D eigenvalue weighted by molar-refractivity contribution is -0.137. The molecule has 0 amide bonds. The number of nitrogens with zero attached hydrogens (tertiary/aromatic N) is 4. The molecular weight excluding hydrogens is 389 g/mol. The SMILES string of the molecule is Cc1nc(CO)sc1-c1csc(CC(=O)Cn2cc(C(F)(F)F)cn2)n1. The van der Waals surface area contributed by atoms with Crippen molar-refractivity contribution in [3.8, 4) is 10.6 Å². The van der Waals surface area contributed by atoms with E-state index < -0.39 is 11.7 Å². The third-order valence-corrected chi connectivity index (χ3v) is 5.42. The van der Waals surface area contributed by atoms with Crippen LogP contribution in [0, 0.1) is 6.92 Å². The van der Waals surface area contributed by atoms with Crippen molar-refractivity contribution >= 4 is 28.5 Å². The fourth-order valence-corrected chi connectivity index (χ4v) is 4.03. The van der Waals surface area contributed by atoms with Gasteiger partial charge in [-0.1, -0.05) is 0 Å². The number of carbonyl (C=O) groups excluding carboxylic acids is 1. The lowest BCUT2D eigenvalue weighted by atomic mass is 10.3. The number of aryl methyl sites for hydroxylation is 1. The summed E-state index contributed by atoms with van der Waals surface area (Å²) < 4.78 is 38.6. The highest BCUT2D eigenvalue weighted by molar-refractivity contribution is 7.16. The standard InChI is InChI=1S/C15H13F3N4O2S2/c1-8-14(26-13(6-23)20-8)11-7-25-12(21-11)2-10(24)5-22-4-9(3-19-22)15(16,17)18/h3-4,7,23H,2,5-6H2,1H3. The average Bonchev–Trinajstić information content (AvgIpc) is 3.26. The van der Waals surface area contributed by atoms with Gasteiger partial charge in [-0.25, -0.2) is 9.97 Å². The van der Waals surface area contributed by atoms with Crippen molar-refractivity contribution in [2.24, 2.45) is 0 Å². The molecule has 0 aliphatic rings. The van der Waals surface area contributed by atoms with Gasteiger partial charge in [0.25, 0.3) is 0 Å². The van der Waals surface area contributed by atoms with E-state index in [2.05, 4.69) is 15.1 Å². The number of carbonyl (C=O) groups is 1. The van der Waals surface area contributed by atoms with Crippen LogP contribution in [0.4, 0.5) is 13.2 Å². The molecule has 26 heavy (non-hydrogen) atoms. The second-order valence-corrected chi connectivity index (χ2v) is 7.47. The third-order valence-electron chi connectivity index (χ3n) is 3.41. The van der Waals surface area contributed by atoms with Gasteiger partial charge in [0, 0.05) is 11.6 Å². The molecule has 0 atom stereocenters. The van der Waals surface area contributed by atoms with E-state index >= 15 is 0 Å². The van der Waals surface area contributed by atoms with Crippen LogP contribution >= 0.6 is 22.7 Å². The van der Waals surface area contributed by atoms with E-state index in [1.165, 1.54) is 22.7 Å². The van der Waals surface area contributed by atoms with E-state index in [4.69, 9.17) is 5.11 Å². The zero-order valence-electron chi connectivity index (χ0n) is 13.4. The van der Waals surface area contributed by atoms with E-state index in [0.29, 0.717) is 21.9 Å². The number of hydrogen-bond acceptors (Lipinski definition) is 7. The zero-order valence-corrected chi connectivity index (χ0v) is 15.1. The zero-order chi connectivity index (χ0) is 18.9. The number of alkyl halides is 3. The maximum Gasteiger partial charge on any atom is 0.419 e. The summed E-state index contributed by atoms with van der Waals surface area (Å²) in [5, 5.41) is 15.7. The first-order chi connectivity index (χ1) is 12.3. The number of Topliss-reactive ketones (excluding diaryl/α,β-unsaturated/α-hetero) is 1. The molecule has 11 heteroatoms. The molecule has 1 N–H and O–H groups in total. The van der Waals surface area contributed by atoms with Crippen LogP contribution in [0.1, 0.15) is 21.3 Å². The summed E-state index contributed by atoms with van der Waals surface area (Å²) in [5.41, 5.74) is 0.534. The summed E-state index contributed by atoms with van der Waals surface area (Å²) in [6, 6.07) is 0. The molecule has 3 aromatic rings. The maximum absolute atomic E-state index is 12.5. The van der Waals surface area contributed by atoms with Gasteiger partial charge in [0.05, 0.1) is 47.6 Å². The van der Waals surface area contributed by atoms with Crippen LogP contribution in [0.5, 0.6) is 0 Å². The highest BCUT2D eigenvalue weighted by Gasteiger charge is 2.32. The predicted molar refractivity (Wildman–Crippen MR) is 89.8 cm³/mol. The van der Waals surface area contributed by atoms with Crippen LogP contribution in [0.25, 0.3) is 10.6 Å². The number of thiazole rings is 2. The normalized spacial score (nSPS) is 11.9. The molecule has 6 nitrogen and oxygen atoms in total. The first-order valence-corrected chi connectivity index (χ1v) is 9.09. The molecule has 0 aromatic carbocycles. The smallest absolute Gasteiger partial charge is 0.389 e. The molecule has 0 aliphatic carbocycles. The molecule has 0 spiro atoms. The summed E-state index contributed by atoms with van der Waals surface area (Å²) in [7, 11) is 0. The van der Waals surface area contributed by atoms with Crippen molar-refractivity contribution in [2.45, 2.75) is 32.7 Å². The Morgan fingerprint density at radius 1 is 1.31 bits per heavy atom. The second kappa shape index (κ2) is 7.25. The number of rotatable bonds is 6. The van der Waals surface area contributed by atoms with Crippen LogP contribution in [-0.2, 0) is 30.5 Å². The molecule has 0 saturated heterocycles. The Labute approximate surface area is 154 Å². The fourth-order valence-electron chi connectivity index (χ4n) is 2.26. The van der Waals surface area contributed by atoms with Gasteiger partial charge >= 0.3 is 6.18 Å². The largest absolute Gasteiger partial charge is 0.419 e. The summed E-state index contributed by atoms with van der Waals surface area (Å²) in [5.74, 6) is -0.292. The molecule has 138 valence electrons. The van der Waals surface area contributed by atoms with E-state index in [9.17, 15) is 18.0 Å². The van der Waals surface area contributed by atoms with Crippen LogP contribution in [-0.4, -0.2) is 30.6 Å². The molecule has 3 heterocycles. The first kappa shape index (κ1) is 18.7. The Morgan fingerprint density at radius 2 is 2.08 bits per heavy atom. The van der Waals surface area contributed by atoms with Crippen LogP contribution in [0.3, 0.4) is 0 Å². The Morgan fingerprint density at radius 3 is 2.69 bits per heavy atom. The summed E-state index contributed by atoms with van der Waals surface area (Å²) in [6.45, 7) is 1.41. The minimum Gasteiger partial charge on any atom is -0.389 e. The third kappa shape index (κ3) is 4.17. The summed E-state index contributed by atoms with van der Waals surface area (Å²) >= 11 is 2.62. The van der Waals surface area contributed by atoms with Gasteiger partial charge in [-0.3, -0.25) is 9.48 Å². The lowest BCUT2D eigenvalue weighted by Gasteiger charge is -2.01. The maximum atomic E-state index is 12.5. The van der Waals surface area contributed by atoms with Gasteiger partial charge in [-0.05, 0) is 6.92 Å². The van der Waals surface area contributed by atoms with Gasteiger partial charge in [0.15, 0.2) is 5.78 Å². The number of aliphatic hydroxyl groups excluding tert-OH is 1. The van der Waals surface area contributed by atoms with Crippen molar-refractivity contribution < 1.29 is 23.1 Å². The Balaban J connectivity index is 1.66. The summed E-state index contributed by atoms with van der Waals surface area (Å²) in [6.07, 6.45) is -2.97. The molecular formula is C15H13F3N4O2S2. The molecule has 0 fully saturated rings. The van der Waals surface area contributed by atoms with E-state index in [-0.39, 0.29) is 25.4 Å². The predicted octanol–water partition coefficient (Wildman–Crippen LogP) is 3.09. The molecule has 0 unspecified atom stereocenters. The first-order valence-electron chi connectivity index (χ1n) is 7.39. The minimum atomic E-state index is -4.48. The van der Waals surface area contributed by atoms with Crippen LogP contribution < -0.4 is 0 Å². The van der Waals surface area contributed by atoms with Gasteiger partial charge in [-0.2, -0.15) is 18.3 Å². The Hall–Kier alpha value is -2.11. The van der Waals surface area contributed by atoms with Crippen molar-refractivity contribution in [1.29, 1.82) is 0 Å². The Bertz CT molecular complexity index is 930. The molecule has 3 aromatic heterocycles. The summed E-state index contributed by atoms with van der Waals surface area (Å²) in [4.78, 5) is 21.5. The number of hydrogen-bond donors (Lipinski definition) is 1. The molecule has 0 radical (unpaired) electrons. The Kier molecular flexibility index (Phi) is 5.21. The van der Waals surface area contributed by atoms with Gasteiger partial charge < -0.3 is 5.11 Å². The highest BCUT2D eigenvalue weighted by Crippen LogP contribution is 2.31. The van der Waals surface area contributed by atoms with Gasteiger partial charge in [-0.15, -0.1) is 22.7 Å². The topological polar surface area (TPSA) is 80.9 Å². The number of ketones is 1. The van der Waals surface area contributed by atoms with Crippen molar-refractivity contribution in [1.82, 2.24) is 19.7 Å². The highest BCUT2D eigenvalue weighted by atomic mass is 32.1. The average molecular weight is 402 g/mol. The lowest BCUT2D eigenvalue weighted by Crippen LogP contribution is -2.13. The molecule has 0 bridgehead atoms. The van der Waals surface area contributed by atoms with E-state index in [1.54, 1.807) is 5.38 Å². The van der Waals surface area contributed by atoms with Crippen molar-refractivity contribution in [2.75, 3.05) is 0 Å². The second-order valence-electron chi connectivity index (χ2n) is 5.45. The van der Waals surface area contributed by atoms with Crippen LogP contribution in [0.15, 0.2) is 17.8 Å². The molecule has 3 rings (SSSR count). The van der Waals surface area contributed by atoms with Crippen molar-refractivity contribution in [3.05, 3.63) is 39.0 Å². The van der Waals surface area contributed by atoms with E-state index in [1.807, 2.05) is 6.92 Å². The quantitative estimate of drug-likeness (QED) is 0.685. The van der Waals surface area contributed by atoms with Gasteiger partial charge in [0.2, 0.25) is 0 Å². The molecule has 0 saturated carbocycles. The number of aromatic nitrogens is 4. The van der Waals surface area contributed by atoms with Crippen molar-refractivity contribution in [3.63, 3.8) is 0 Å². The van der Waals surface area contributed by atoms with Gasteiger partial charge in [0.1, 0.15) is 10.0 Å². The molecule has 0 aliphatic heterocycles. The number of aliphatic hydroxyl groups is 1.